The van der Waals surface area contributed by atoms with Crippen molar-refractivity contribution < 1.29 is 4.57 Å². The van der Waals surface area contributed by atoms with Gasteiger partial charge in [-0.15, -0.1) is 11.3 Å². The van der Waals surface area contributed by atoms with Crippen LogP contribution in [0.5, 0.6) is 0 Å². The summed E-state index contributed by atoms with van der Waals surface area (Å²) in [5, 5.41) is 2.74. The Balaban J connectivity index is 2.93. The molecule has 0 bridgehead atoms. The van der Waals surface area contributed by atoms with Crippen LogP contribution >= 0.6 is 22.9 Å². The maximum absolute atomic E-state index is 6.00. The lowest BCUT2D eigenvalue weighted by molar-refractivity contribution is -0.670. The monoisotopic (exact) mass is 185 g/mol. The van der Waals surface area contributed by atoms with Gasteiger partial charge in [0.25, 0.3) is 6.33 Å². The zero-order chi connectivity index (χ0) is 7.84. The summed E-state index contributed by atoms with van der Waals surface area (Å²) in [6, 6.07) is 1.96. The second-order valence-electron chi connectivity index (χ2n) is 2.28. The highest BCUT2D eigenvalue weighted by atomic mass is 35.5. The molecule has 11 heavy (non-hydrogen) atoms. The van der Waals surface area contributed by atoms with Crippen LogP contribution in [-0.4, -0.2) is 4.98 Å². The fraction of sp³-hybridized carbons (Fsp3) is 0.143. The van der Waals surface area contributed by atoms with Crippen LogP contribution in [0.15, 0.2) is 17.8 Å². The first kappa shape index (κ1) is 7.00. The van der Waals surface area contributed by atoms with E-state index in [2.05, 4.69) is 4.98 Å². The zero-order valence-corrected chi connectivity index (χ0v) is 7.49. The molecular formula is C7H6ClN2S+. The lowest BCUT2D eigenvalue weighted by atomic mass is 10.5. The van der Waals surface area contributed by atoms with Crippen molar-refractivity contribution in [3.8, 4) is 0 Å². The lowest BCUT2D eigenvalue weighted by Gasteiger charge is -1.90. The largest absolute Gasteiger partial charge is 0.287 e. The van der Waals surface area contributed by atoms with E-state index in [1.807, 2.05) is 18.5 Å². The summed E-state index contributed by atoms with van der Waals surface area (Å²) in [5.41, 5.74) is 0.970. The molecule has 4 heteroatoms. The van der Waals surface area contributed by atoms with E-state index in [9.17, 15) is 0 Å². The average Bonchev–Trinajstić information content (AvgIpc) is 2.45. The van der Waals surface area contributed by atoms with Gasteiger partial charge >= 0.3 is 0 Å². The second-order valence-corrected chi connectivity index (χ2v) is 3.56. The highest BCUT2D eigenvalue weighted by molar-refractivity contribution is 7.17. The van der Waals surface area contributed by atoms with Gasteiger partial charge in [0, 0.05) is 6.07 Å². The number of rotatable bonds is 0. The Morgan fingerprint density at radius 3 is 3.27 bits per heavy atom. The van der Waals surface area contributed by atoms with E-state index in [0.29, 0.717) is 0 Å². The molecule has 0 aliphatic rings. The number of nitrogens with zero attached hydrogens (tertiary/aromatic N) is 2. The van der Waals surface area contributed by atoms with Crippen LogP contribution in [0.25, 0.3) is 10.2 Å². The van der Waals surface area contributed by atoms with Gasteiger partial charge in [-0.05, 0) is 22.0 Å². The van der Waals surface area contributed by atoms with E-state index in [1.165, 1.54) is 0 Å². The van der Waals surface area contributed by atoms with Gasteiger partial charge in [0.15, 0.2) is 5.52 Å². The Bertz CT molecular complexity index is 396. The van der Waals surface area contributed by atoms with E-state index in [1.54, 1.807) is 22.2 Å². The molecule has 0 aliphatic heterocycles. The summed E-state index contributed by atoms with van der Waals surface area (Å²) in [7, 11) is 1.88. The average molecular weight is 186 g/mol. The standard InChI is InChI=1S/C7H6ClN2S/c1-10-4-9-5-2-3-11-6(5)7(10)8/h2-4H,1H3/q+1. The zero-order valence-electron chi connectivity index (χ0n) is 5.91. The van der Waals surface area contributed by atoms with E-state index in [-0.39, 0.29) is 0 Å². The number of hydrogen-bond donors (Lipinski definition) is 0. The van der Waals surface area contributed by atoms with E-state index in [0.717, 1.165) is 15.4 Å². The SMILES string of the molecule is C[n+]1cnc2ccsc2c1Cl. The van der Waals surface area contributed by atoms with Crippen molar-refractivity contribution >= 4 is 33.2 Å². The number of hydrogen-bond acceptors (Lipinski definition) is 2. The van der Waals surface area contributed by atoms with Crippen LogP contribution in [0.3, 0.4) is 0 Å². The first-order valence-corrected chi connectivity index (χ1v) is 4.42. The summed E-state index contributed by atoms with van der Waals surface area (Å²) in [6.45, 7) is 0. The summed E-state index contributed by atoms with van der Waals surface area (Å²) >= 11 is 7.61. The minimum atomic E-state index is 0.755. The van der Waals surface area contributed by atoms with Gasteiger partial charge in [0.1, 0.15) is 4.70 Å². The molecule has 0 fully saturated rings. The highest BCUT2D eigenvalue weighted by Crippen LogP contribution is 2.22. The number of halogens is 1. The maximum atomic E-state index is 6.00. The summed E-state index contributed by atoms with van der Waals surface area (Å²) < 4.78 is 2.86. The molecule has 0 spiro atoms. The summed E-state index contributed by atoms with van der Waals surface area (Å²) in [5.74, 6) is 0. The van der Waals surface area contributed by atoms with Crippen LogP contribution in [0.4, 0.5) is 0 Å². The maximum Gasteiger partial charge on any atom is 0.287 e. The van der Waals surface area contributed by atoms with Crippen molar-refractivity contribution in [2.45, 2.75) is 0 Å². The van der Waals surface area contributed by atoms with Crippen molar-refractivity contribution in [3.63, 3.8) is 0 Å². The van der Waals surface area contributed by atoms with Crippen molar-refractivity contribution in [3.05, 3.63) is 22.9 Å². The fourth-order valence-electron chi connectivity index (χ4n) is 0.918. The molecule has 0 N–H and O–H groups in total. The molecular weight excluding hydrogens is 180 g/mol. The molecule has 0 atom stereocenters. The van der Waals surface area contributed by atoms with Crippen LogP contribution in [0, 0.1) is 0 Å². The molecule has 0 aliphatic carbocycles. The third kappa shape index (κ3) is 1.01. The third-order valence-corrected chi connectivity index (χ3v) is 2.99. The van der Waals surface area contributed by atoms with E-state index < -0.39 is 0 Å². The minimum absolute atomic E-state index is 0.755. The fourth-order valence-corrected chi connectivity index (χ4v) is 2.01. The van der Waals surface area contributed by atoms with Crippen LogP contribution in [0.2, 0.25) is 5.15 Å². The Morgan fingerprint density at radius 2 is 2.45 bits per heavy atom. The van der Waals surface area contributed by atoms with Crippen LogP contribution in [0.1, 0.15) is 0 Å². The molecule has 0 radical (unpaired) electrons. The quantitative estimate of drug-likeness (QED) is 0.452. The summed E-state index contributed by atoms with van der Waals surface area (Å²) in [4.78, 5) is 4.19. The highest BCUT2D eigenvalue weighted by Gasteiger charge is 2.10. The Labute approximate surface area is 73.1 Å². The van der Waals surface area contributed by atoms with Crippen LogP contribution in [-0.2, 0) is 7.05 Å². The first-order chi connectivity index (χ1) is 5.29. The molecule has 2 heterocycles. The predicted molar refractivity (Wildman–Crippen MR) is 45.8 cm³/mol. The van der Waals surface area contributed by atoms with Crippen molar-refractivity contribution in [1.82, 2.24) is 4.98 Å². The van der Waals surface area contributed by atoms with Gasteiger partial charge in [-0.25, -0.2) is 4.57 Å². The Morgan fingerprint density at radius 1 is 1.64 bits per heavy atom. The molecule has 0 amide bonds. The molecule has 56 valence electrons. The Hall–Kier alpha value is -0.670. The first-order valence-electron chi connectivity index (χ1n) is 3.16. The minimum Gasteiger partial charge on any atom is -0.222 e. The molecule has 2 rings (SSSR count). The molecule has 2 aromatic rings. The van der Waals surface area contributed by atoms with Crippen LogP contribution < -0.4 is 4.57 Å². The molecule has 2 nitrogen and oxygen atoms in total. The van der Waals surface area contributed by atoms with Gasteiger partial charge in [0.05, 0.1) is 7.05 Å². The third-order valence-electron chi connectivity index (χ3n) is 1.51. The normalized spacial score (nSPS) is 10.7. The molecule has 0 saturated heterocycles. The van der Waals surface area contributed by atoms with Crippen molar-refractivity contribution in [2.75, 3.05) is 0 Å². The molecule has 0 unspecified atom stereocenters. The lowest BCUT2D eigenvalue weighted by Crippen LogP contribution is -2.29. The molecule has 2 aromatic heterocycles. The van der Waals surface area contributed by atoms with E-state index >= 15 is 0 Å². The predicted octanol–water partition coefficient (Wildman–Crippen LogP) is 1.77. The van der Waals surface area contributed by atoms with Gasteiger partial charge in [-0.1, -0.05) is 0 Å². The molecule has 0 aromatic carbocycles. The number of fused-ring (bicyclic) bond motifs is 1. The van der Waals surface area contributed by atoms with Gasteiger partial charge in [-0.2, -0.15) is 0 Å². The Kier molecular flexibility index (Phi) is 1.55. The van der Waals surface area contributed by atoms with Gasteiger partial charge in [-0.3, -0.25) is 0 Å². The number of aromatic nitrogens is 2. The van der Waals surface area contributed by atoms with Crippen molar-refractivity contribution in [2.24, 2.45) is 7.05 Å². The smallest absolute Gasteiger partial charge is 0.222 e. The van der Waals surface area contributed by atoms with Gasteiger partial charge < -0.3 is 0 Å². The second kappa shape index (κ2) is 2.43. The summed E-state index contributed by atoms with van der Waals surface area (Å²) in [6.07, 6.45) is 1.72. The molecule has 0 saturated carbocycles. The van der Waals surface area contributed by atoms with Gasteiger partial charge in [0.2, 0.25) is 5.15 Å². The van der Waals surface area contributed by atoms with E-state index in [4.69, 9.17) is 11.6 Å². The number of aryl methyl sites for hydroxylation is 1. The topological polar surface area (TPSA) is 16.8 Å². The van der Waals surface area contributed by atoms with Crippen molar-refractivity contribution in [1.29, 1.82) is 0 Å². The number of thiophene rings is 1.